The molecule has 0 bridgehead atoms. The Labute approximate surface area is 149 Å². The van der Waals surface area contributed by atoms with Gasteiger partial charge in [0.1, 0.15) is 6.61 Å². The monoisotopic (exact) mass is 351 g/mol. The number of nitrogens with one attached hydrogen (secondary N) is 1. The van der Waals surface area contributed by atoms with Gasteiger partial charge in [0.2, 0.25) is 5.91 Å². The largest absolute Gasteiger partial charge is 0.493 e. The lowest BCUT2D eigenvalue weighted by Crippen LogP contribution is -2.36. The molecule has 0 aliphatic heterocycles. The Hall–Kier alpha value is -1.68. The van der Waals surface area contributed by atoms with Crippen LogP contribution in [0, 0.1) is 5.92 Å². The molecule has 132 valence electrons. The van der Waals surface area contributed by atoms with Crippen LogP contribution in [0.25, 0.3) is 6.08 Å². The Morgan fingerprint density at radius 1 is 1.29 bits per heavy atom. The second kappa shape index (κ2) is 9.58. The molecule has 0 saturated heterocycles. The van der Waals surface area contributed by atoms with Gasteiger partial charge in [-0.15, -0.1) is 11.6 Å². The summed E-state index contributed by atoms with van der Waals surface area (Å²) in [5, 5.41) is 3.08. The van der Waals surface area contributed by atoms with Crippen LogP contribution < -0.4 is 14.8 Å². The first-order valence-electron chi connectivity index (χ1n) is 8.47. The first kappa shape index (κ1) is 18.7. The van der Waals surface area contributed by atoms with Crippen LogP contribution >= 0.6 is 11.6 Å². The number of carbonyl (C=O) groups excluding carboxylic acids is 1. The van der Waals surface area contributed by atoms with Crippen molar-refractivity contribution < 1.29 is 14.3 Å². The molecular formula is C19H26ClNO3. The van der Waals surface area contributed by atoms with Gasteiger partial charge in [-0.3, -0.25) is 4.79 Å². The molecular weight excluding hydrogens is 326 g/mol. The maximum absolute atomic E-state index is 12.1. The van der Waals surface area contributed by atoms with Gasteiger partial charge in [-0.2, -0.15) is 0 Å². The van der Waals surface area contributed by atoms with E-state index in [0.29, 0.717) is 30.0 Å². The number of benzene rings is 1. The summed E-state index contributed by atoms with van der Waals surface area (Å²) in [7, 11) is 1.59. The summed E-state index contributed by atoms with van der Waals surface area (Å²) in [5.74, 6) is 2.43. The number of rotatable bonds is 7. The second-order valence-corrected chi connectivity index (χ2v) is 6.62. The Bertz CT molecular complexity index is 566. The average molecular weight is 352 g/mol. The number of alkyl halides is 1. The highest BCUT2D eigenvalue weighted by molar-refractivity contribution is 6.18. The first-order valence-corrected chi connectivity index (χ1v) is 9.01. The minimum Gasteiger partial charge on any atom is -0.493 e. The van der Waals surface area contributed by atoms with E-state index in [1.54, 1.807) is 19.3 Å². The minimum absolute atomic E-state index is 0.0454. The molecule has 1 aliphatic rings. The maximum Gasteiger partial charge on any atom is 0.244 e. The van der Waals surface area contributed by atoms with Crippen LogP contribution in [0.1, 0.15) is 38.2 Å². The SMILES string of the molecule is COc1cc(/C=C/C(=O)N[C@H]2CC[C@H](C)CC2)ccc1OCCCl. The Balaban J connectivity index is 1.91. The van der Waals surface area contributed by atoms with E-state index < -0.39 is 0 Å². The molecule has 0 aromatic heterocycles. The van der Waals surface area contributed by atoms with E-state index in [1.165, 1.54) is 12.8 Å². The number of hydrogen-bond acceptors (Lipinski definition) is 3. The lowest BCUT2D eigenvalue weighted by atomic mass is 9.87. The predicted octanol–water partition coefficient (Wildman–Crippen LogP) is 4.02. The van der Waals surface area contributed by atoms with Gasteiger partial charge in [0.25, 0.3) is 0 Å². The molecule has 1 aromatic carbocycles. The third-order valence-electron chi connectivity index (χ3n) is 4.31. The molecule has 4 nitrogen and oxygen atoms in total. The topological polar surface area (TPSA) is 47.6 Å². The molecule has 0 radical (unpaired) electrons. The third-order valence-corrected chi connectivity index (χ3v) is 4.47. The van der Waals surface area contributed by atoms with Crippen molar-refractivity contribution in [1.82, 2.24) is 5.32 Å². The number of carbonyl (C=O) groups is 1. The molecule has 1 saturated carbocycles. The molecule has 24 heavy (non-hydrogen) atoms. The van der Waals surface area contributed by atoms with E-state index in [0.717, 1.165) is 24.3 Å². The van der Waals surface area contributed by atoms with E-state index in [2.05, 4.69) is 12.2 Å². The smallest absolute Gasteiger partial charge is 0.244 e. The highest BCUT2D eigenvalue weighted by Gasteiger charge is 2.18. The van der Waals surface area contributed by atoms with Gasteiger partial charge in [-0.25, -0.2) is 0 Å². The lowest BCUT2D eigenvalue weighted by Gasteiger charge is -2.26. The number of methoxy groups -OCH3 is 1. The average Bonchev–Trinajstić information content (AvgIpc) is 2.60. The summed E-state index contributed by atoms with van der Waals surface area (Å²) in [6.45, 7) is 2.70. The molecule has 1 aliphatic carbocycles. The Kier molecular flexibility index (Phi) is 7.44. The number of halogens is 1. The highest BCUT2D eigenvalue weighted by Crippen LogP contribution is 2.28. The van der Waals surface area contributed by atoms with E-state index in [4.69, 9.17) is 21.1 Å². The quantitative estimate of drug-likeness (QED) is 0.596. The molecule has 0 unspecified atom stereocenters. The van der Waals surface area contributed by atoms with Gasteiger partial charge in [0, 0.05) is 12.1 Å². The fourth-order valence-corrected chi connectivity index (χ4v) is 2.96. The van der Waals surface area contributed by atoms with Crippen molar-refractivity contribution in [3.63, 3.8) is 0 Å². The Morgan fingerprint density at radius 3 is 2.71 bits per heavy atom. The third kappa shape index (κ3) is 5.75. The summed E-state index contributed by atoms with van der Waals surface area (Å²) >= 11 is 5.63. The van der Waals surface area contributed by atoms with Crippen molar-refractivity contribution in [1.29, 1.82) is 0 Å². The molecule has 1 aromatic rings. The molecule has 0 heterocycles. The van der Waals surface area contributed by atoms with Gasteiger partial charge in [-0.1, -0.05) is 13.0 Å². The van der Waals surface area contributed by atoms with Crippen LogP contribution in [-0.2, 0) is 4.79 Å². The summed E-state index contributed by atoms with van der Waals surface area (Å²) in [4.78, 5) is 12.1. The van der Waals surface area contributed by atoms with E-state index in [1.807, 2.05) is 18.2 Å². The maximum atomic E-state index is 12.1. The van der Waals surface area contributed by atoms with E-state index >= 15 is 0 Å². The molecule has 0 spiro atoms. The van der Waals surface area contributed by atoms with Crippen LogP contribution in [0.3, 0.4) is 0 Å². The Morgan fingerprint density at radius 2 is 2.04 bits per heavy atom. The summed E-state index contributed by atoms with van der Waals surface area (Å²) in [5.41, 5.74) is 0.887. The predicted molar refractivity (Wildman–Crippen MR) is 97.8 cm³/mol. The number of hydrogen-bond donors (Lipinski definition) is 1. The normalized spacial score (nSPS) is 20.8. The highest BCUT2D eigenvalue weighted by atomic mass is 35.5. The van der Waals surface area contributed by atoms with Crippen LogP contribution in [0.4, 0.5) is 0 Å². The zero-order valence-corrected chi connectivity index (χ0v) is 15.1. The molecule has 1 fully saturated rings. The van der Waals surface area contributed by atoms with Crippen LogP contribution in [0.15, 0.2) is 24.3 Å². The van der Waals surface area contributed by atoms with Crippen molar-refractivity contribution in [2.24, 2.45) is 5.92 Å². The zero-order valence-electron chi connectivity index (χ0n) is 14.4. The van der Waals surface area contributed by atoms with Crippen molar-refractivity contribution in [3.8, 4) is 11.5 Å². The zero-order chi connectivity index (χ0) is 17.4. The van der Waals surface area contributed by atoms with E-state index in [9.17, 15) is 4.79 Å². The molecule has 1 N–H and O–H groups in total. The fourth-order valence-electron chi connectivity index (χ4n) is 2.88. The van der Waals surface area contributed by atoms with Gasteiger partial charge >= 0.3 is 0 Å². The van der Waals surface area contributed by atoms with E-state index in [-0.39, 0.29) is 5.91 Å². The molecule has 0 atom stereocenters. The van der Waals surface area contributed by atoms with Crippen molar-refractivity contribution in [2.75, 3.05) is 19.6 Å². The fraction of sp³-hybridized carbons (Fsp3) is 0.526. The standard InChI is InChI=1S/C19H26ClNO3/c1-14-3-7-16(8-4-14)21-19(22)10-6-15-5-9-17(24-12-11-20)18(13-15)23-2/h5-6,9-10,13-14,16H,3-4,7-8,11-12H2,1-2H3,(H,21,22)/b10-6+/t14-,16-. The summed E-state index contributed by atoms with van der Waals surface area (Å²) in [6.07, 6.45) is 7.88. The molecule has 2 rings (SSSR count). The van der Waals surface area contributed by atoms with Gasteiger partial charge in [-0.05, 0) is 55.4 Å². The minimum atomic E-state index is -0.0454. The summed E-state index contributed by atoms with van der Waals surface area (Å²) < 4.78 is 10.8. The van der Waals surface area contributed by atoms with Crippen molar-refractivity contribution in [3.05, 3.63) is 29.8 Å². The van der Waals surface area contributed by atoms with Crippen molar-refractivity contribution >= 4 is 23.6 Å². The van der Waals surface area contributed by atoms with Crippen LogP contribution in [0.5, 0.6) is 11.5 Å². The number of amides is 1. The van der Waals surface area contributed by atoms with Gasteiger partial charge < -0.3 is 14.8 Å². The second-order valence-electron chi connectivity index (χ2n) is 6.25. The van der Waals surface area contributed by atoms with Crippen LogP contribution in [0.2, 0.25) is 0 Å². The lowest BCUT2D eigenvalue weighted by molar-refractivity contribution is -0.117. The summed E-state index contributed by atoms with van der Waals surface area (Å²) in [6, 6.07) is 5.86. The van der Waals surface area contributed by atoms with Gasteiger partial charge in [0.05, 0.1) is 13.0 Å². The van der Waals surface area contributed by atoms with Gasteiger partial charge in [0.15, 0.2) is 11.5 Å². The van der Waals surface area contributed by atoms with Crippen molar-refractivity contribution in [2.45, 2.75) is 38.6 Å². The van der Waals surface area contributed by atoms with Crippen LogP contribution in [-0.4, -0.2) is 31.5 Å². The first-order chi connectivity index (χ1) is 11.6. The molecule has 5 heteroatoms. The number of ether oxygens (including phenoxy) is 2. The molecule has 1 amide bonds.